The quantitative estimate of drug-likeness (QED) is 0.255. The number of furan rings is 1. The van der Waals surface area contributed by atoms with Crippen molar-refractivity contribution in [1.82, 2.24) is 5.32 Å². The lowest BCUT2D eigenvalue weighted by atomic mass is 9.88. The van der Waals surface area contributed by atoms with E-state index in [9.17, 15) is 4.79 Å². The molecule has 1 aliphatic rings. The second kappa shape index (κ2) is 5.77. The van der Waals surface area contributed by atoms with Gasteiger partial charge in [0.1, 0.15) is 11.8 Å². The standard InChI is InChI=1S/C13H19N3O3/c14-12(16-18)13(6-3-1-2-4-7-13)15-11(17)10-5-8-19-9-10/h5,8-9,18H,1-4,6-7H2,(H2,14,16)(H,15,17). The zero-order valence-corrected chi connectivity index (χ0v) is 10.8. The van der Waals surface area contributed by atoms with Crippen LogP contribution in [-0.2, 0) is 0 Å². The molecule has 0 radical (unpaired) electrons. The summed E-state index contributed by atoms with van der Waals surface area (Å²) in [7, 11) is 0. The Morgan fingerprint density at radius 2 is 2.05 bits per heavy atom. The number of oxime groups is 1. The number of hydrogen-bond donors (Lipinski definition) is 3. The average molecular weight is 265 g/mol. The van der Waals surface area contributed by atoms with Crippen LogP contribution in [0.4, 0.5) is 0 Å². The molecule has 0 aliphatic heterocycles. The van der Waals surface area contributed by atoms with Crippen LogP contribution in [0.1, 0.15) is 48.9 Å². The number of nitrogens with two attached hydrogens (primary N) is 1. The third kappa shape index (κ3) is 2.89. The molecule has 6 nitrogen and oxygen atoms in total. The lowest BCUT2D eigenvalue weighted by molar-refractivity contribution is 0.0914. The summed E-state index contributed by atoms with van der Waals surface area (Å²) < 4.78 is 4.90. The highest BCUT2D eigenvalue weighted by atomic mass is 16.4. The van der Waals surface area contributed by atoms with Crippen LogP contribution < -0.4 is 11.1 Å². The van der Waals surface area contributed by atoms with Crippen LogP contribution in [0.3, 0.4) is 0 Å². The van der Waals surface area contributed by atoms with Gasteiger partial charge in [-0.3, -0.25) is 4.79 Å². The molecule has 19 heavy (non-hydrogen) atoms. The Bertz CT molecular complexity index is 446. The van der Waals surface area contributed by atoms with Gasteiger partial charge < -0.3 is 20.7 Å². The van der Waals surface area contributed by atoms with Gasteiger partial charge >= 0.3 is 0 Å². The average Bonchev–Trinajstić information content (AvgIpc) is 2.86. The molecule has 0 unspecified atom stereocenters. The molecular formula is C13H19N3O3. The van der Waals surface area contributed by atoms with Gasteiger partial charge in [0.25, 0.3) is 5.91 Å². The molecule has 4 N–H and O–H groups in total. The highest BCUT2D eigenvalue weighted by Gasteiger charge is 2.37. The fourth-order valence-electron chi connectivity index (χ4n) is 2.56. The van der Waals surface area contributed by atoms with E-state index in [0.29, 0.717) is 18.4 Å². The normalized spacial score (nSPS) is 19.7. The number of carbonyl (C=O) groups excluding carboxylic acids is 1. The van der Waals surface area contributed by atoms with Gasteiger partial charge in [-0.15, -0.1) is 0 Å². The summed E-state index contributed by atoms with van der Waals surface area (Å²) in [4.78, 5) is 12.1. The third-order valence-corrected chi connectivity index (χ3v) is 3.69. The second-order valence-electron chi connectivity index (χ2n) is 4.95. The van der Waals surface area contributed by atoms with Gasteiger partial charge in [-0.05, 0) is 18.9 Å². The van der Waals surface area contributed by atoms with Crippen molar-refractivity contribution >= 4 is 11.7 Å². The van der Waals surface area contributed by atoms with Crippen molar-refractivity contribution in [3.63, 3.8) is 0 Å². The Hall–Kier alpha value is -1.98. The summed E-state index contributed by atoms with van der Waals surface area (Å²) in [5.41, 5.74) is 5.50. The Morgan fingerprint density at radius 3 is 2.58 bits per heavy atom. The molecule has 1 aromatic heterocycles. The molecular weight excluding hydrogens is 246 g/mol. The van der Waals surface area contributed by atoms with Gasteiger partial charge in [0.2, 0.25) is 0 Å². The van der Waals surface area contributed by atoms with Gasteiger partial charge in [0, 0.05) is 0 Å². The summed E-state index contributed by atoms with van der Waals surface area (Å²) in [5.74, 6) is -0.187. The number of hydrogen-bond acceptors (Lipinski definition) is 4. The van der Waals surface area contributed by atoms with E-state index >= 15 is 0 Å². The Kier molecular flexibility index (Phi) is 4.09. The number of rotatable bonds is 3. The molecule has 1 heterocycles. The number of amidine groups is 1. The summed E-state index contributed by atoms with van der Waals surface area (Å²) in [6.45, 7) is 0. The highest BCUT2D eigenvalue weighted by Crippen LogP contribution is 2.28. The van der Waals surface area contributed by atoms with Crippen molar-refractivity contribution in [2.45, 2.75) is 44.1 Å². The second-order valence-corrected chi connectivity index (χ2v) is 4.95. The van der Waals surface area contributed by atoms with Gasteiger partial charge in [-0.25, -0.2) is 0 Å². The molecule has 0 aromatic carbocycles. The molecule has 0 spiro atoms. The van der Waals surface area contributed by atoms with E-state index in [1.165, 1.54) is 12.5 Å². The predicted octanol–water partition coefficient (Wildman–Crippen LogP) is 1.85. The van der Waals surface area contributed by atoms with E-state index in [0.717, 1.165) is 25.7 Å². The summed E-state index contributed by atoms with van der Waals surface area (Å²) in [5, 5.41) is 15.0. The van der Waals surface area contributed by atoms with Crippen molar-refractivity contribution in [1.29, 1.82) is 0 Å². The largest absolute Gasteiger partial charge is 0.472 e. The lowest BCUT2D eigenvalue weighted by Gasteiger charge is -2.32. The van der Waals surface area contributed by atoms with Gasteiger partial charge in [0.15, 0.2) is 5.84 Å². The molecule has 1 aliphatic carbocycles. The minimum atomic E-state index is -0.750. The van der Waals surface area contributed by atoms with Gasteiger partial charge in [-0.2, -0.15) is 0 Å². The van der Waals surface area contributed by atoms with Gasteiger partial charge in [0.05, 0.1) is 11.8 Å². The van der Waals surface area contributed by atoms with E-state index < -0.39 is 5.54 Å². The minimum absolute atomic E-state index is 0.0752. The SMILES string of the molecule is N/C(=N/O)C1(NC(=O)c2ccoc2)CCCCCC1. The number of amides is 1. The predicted molar refractivity (Wildman–Crippen MR) is 70.0 cm³/mol. The van der Waals surface area contributed by atoms with E-state index in [1.807, 2.05) is 0 Å². The highest BCUT2D eigenvalue weighted by molar-refractivity contribution is 6.00. The van der Waals surface area contributed by atoms with E-state index in [-0.39, 0.29) is 11.7 Å². The van der Waals surface area contributed by atoms with Crippen molar-refractivity contribution in [2.24, 2.45) is 10.9 Å². The van der Waals surface area contributed by atoms with Crippen LogP contribution in [-0.4, -0.2) is 22.5 Å². The fourth-order valence-corrected chi connectivity index (χ4v) is 2.56. The maximum Gasteiger partial charge on any atom is 0.255 e. The maximum absolute atomic E-state index is 12.1. The van der Waals surface area contributed by atoms with Crippen LogP contribution in [0.5, 0.6) is 0 Å². The van der Waals surface area contributed by atoms with Crippen LogP contribution in [0.15, 0.2) is 28.2 Å². The van der Waals surface area contributed by atoms with Crippen molar-refractivity contribution < 1.29 is 14.4 Å². The molecule has 2 rings (SSSR count). The lowest BCUT2D eigenvalue weighted by Crippen LogP contribution is -2.57. The topological polar surface area (TPSA) is 101 Å². The number of nitrogens with one attached hydrogen (secondary N) is 1. The van der Waals surface area contributed by atoms with Crippen LogP contribution in [0, 0.1) is 0 Å². The molecule has 0 saturated heterocycles. The van der Waals surface area contributed by atoms with Crippen molar-refractivity contribution in [3.05, 3.63) is 24.2 Å². The molecule has 104 valence electrons. The van der Waals surface area contributed by atoms with E-state index in [1.54, 1.807) is 6.07 Å². The maximum atomic E-state index is 12.1. The van der Waals surface area contributed by atoms with Crippen LogP contribution in [0.2, 0.25) is 0 Å². The smallest absolute Gasteiger partial charge is 0.255 e. The zero-order valence-electron chi connectivity index (χ0n) is 10.8. The Balaban J connectivity index is 2.20. The summed E-state index contributed by atoms with van der Waals surface area (Å²) >= 11 is 0. The summed E-state index contributed by atoms with van der Waals surface area (Å²) in [6.07, 6.45) is 8.29. The first-order chi connectivity index (χ1) is 9.18. The fraction of sp³-hybridized carbons (Fsp3) is 0.538. The van der Waals surface area contributed by atoms with Crippen LogP contribution in [0.25, 0.3) is 0 Å². The van der Waals surface area contributed by atoms with Crippen LogP contribution >= 0.6 is 0 Å². The molecule has 1 saturated carbocycles. The first-order valence-electron chi connectivity index (χ1n) is 6.51. The molecule has 6 heteroatoms. The van der Waals surface area contributed by atoms with E-state index in [2.05, 4.69) is 10.5 Å². The first kappa shape index (κ1) is 13.5. The minimum Gasteiger partial charge on any atom is -0.472 e. The number of carbonyl (C=O) groups is 1. The van der Waals surface area contributed by atoms with Gasteiger partial charge in [-0.1, -0.05) is 30.8 Å². The molecule has 0 bridgehead atoms. The summed E-state index contributed by atoms with van der Waals surface area (Å²) in [6, 6.07) is 1.59. The Labute approximate surface area is 111 Å². The molecule has 1 amide bonds. The molecule has 1 fully saturated rings. The number of nitrogens with zero attached hydrogens (tertiary/aromatic N) is 1. The monoisotopic (exact) mass is 265 g/mol. The zero-order chi connectivity index (χ0) is 13.7. The molecule has 0 atom stereocenters. The van der Waals surface area contributed by atoms with Crippen molar-refractivity contribution in [2.75, 3.05) is 0 Å². The Morgan fingerprint density at radius 1 is 1.37 bits per heavy atom. The third-order valence-electron chi connectivity index (χ3n) is 3.69. The van der Waals surface area contributed by atoms with E-state index in [4.69, 9.17) is 15.4 Å². The van der Waals surface area contributed by atoms with Crippen molar-refractivity contribution in [3.8, 4) is 0 Å². The molecule has 1 aromatic rings. The first-order valence-corrected chi connectivity index (χ1v) is 6.51.